The molecule has 0 aromatic carbocycles. The minimum atomic E-state index is 0.141. The second-order valence-electron chi connectivity index (χ2n) is 9.60. The normalized spacial score (nSPS) is 32.1. The summed E-state index contributed by atoms with van der Waals surface area (Å²) in [6, 6.07) is 0.643. The highest BCUT2D eigenvalue weighted by Gasteiger charge is 2.34. The van der Waals surface area contributed by atoms with Gasteiger partial charge < -0.3 is 15.0 Å². The minimum absolute atomic E-state index is 0.141. The summed E-state index contributed by atoms with van der Waals surface area (Å²) in [4.78, 5) is 12.3. The van der Waals surface area contributed by atoms with Gasteiger partial charge in [0.2, 0.25) is 0 Å². The average molecular weight is 380 g/mol. The van der Waals surface area contributed by atoms with Gasteiger partial charge in [-0.1, -0.05) is 13.8 Å². The number of morpholine rings is 1. The maximum absolute atomic E-state index is 5.51. The molecule has 3 unspecified atom stereocenters. The van der Waals surface area contributed by atoms with E-state index in [1.54, 1.807) is 0 Å². The van der Waals surface area contributed by atoms with Crippen molar-refractivity contribution in [1.82, 2.24) is 20.0 Å². The van der Waals surface area contributed by atoms with Gasteiger partial charge in [0.25, 0.3) is 0 Å². The Hall–Kier alpha value is -0.850. The number of piperidine rings is 1. The summed E-state index contributed by atoms with van der Waals surface area (Å²) in [7, 11) is 1.92. The van der Waals surface area contributed by atoms with Crippen molar-refractivity contribution < 1.29 is 4.74 Å². The molecule has 0 radical (unpaired) electrons. The number of hydrogen-bond donors (Lipinski definition) is 1. The zero-order valence-corrected chi connectivity index (χ0v) is 18.2. The lowest BCUT2D eigenvalue weighted by atomic mass is 9.88. The van der Waals surface area contributed by atoms with E-state index in [4.69, 9.17) is 4.74 Å². The van der Waals surface area contributed by atoms with Crippen LogP contribution in [0.5, 0.6) is 0 Å². The summed E-state index contributed by atoms with van der Waals surface area (Å²) in [6.07, 6.45) is 2.59. The summed E-state index contributed by atoms with van der Waals surface area (Å²) in [5, 5.41) is 3.69. The van der Waals surface area contributed by atoms with Gasteiger partial charge in [0, 0.05) is 64.4 Å². The minimum Gasteiger partial charge on any atom is -0.379 e. The molecule has 3 rings (SSSR count). The second kappa shape index (κ2) is 9.10. The van der Waals surface area contributed by atoms with Crippen LogP contribution < -0.4 is 5.32 Å². The Morgan fingerprint density at radius 2 is 1.74 bits per heavy atom. The van der Waals surface area contributed by atoms with Crippen molar-refractivity contribution in [2.24, 2.45) is 16.8 Å². The molecule has 0 saturated carbocycles. The second-order valence-corrected chi connectivity index (χ2v) is 9.60. The van der Waals surface area contributed by atoms with E-state index in [-0.39, 0.29) is 5.54 Å². The van der Waals surface area contributed by atoms with E-state index >= 15 is 0 Å². The Balaban J connectivity index is 1.51. The van der Waals surface area contributed by atoms with Crippen molar-refractivity contribution in [3.63, 3.8) is 0 Å². The Kier molecular flexibility index (Phi) is 7.03. The molecule has 0 aromatic heterocycles. The van der Waals surface area contributed by atoms with Gasteiger partial charge in [-0.2, -0.15) is 0 Å². The first kappa shape index (κ1) is 20.9. The van der Waals surface area contributed by atoms with Gasteiger partial charge in [-0.15, -0.1) is 0 Å². The summed E-state index contributed by atoms with van der Waals surface area (Å²) in [5.41, 5.74) is 0.141. The van der Waals surface area contributed by atoms with E-state index < -0.39 is 0 Å². The van der Waals surface area contributed by atoms with Crippen molar-refractivity contribution in [2.45, 2.75) is 52.1 Å². The van der Waals surface area contributed by atoms with Crippen LogP contribution in [0.25, 0.3) is 0 Å². The highest BCUT2D eigenvalue weighted by atomic mass is 16.5. The molecule has 0 aliphatic carbocycles. The Morgan fingerprint density at radius 3 is 2.37 bits per heavy atom. The first-order valence-corrected chi connectivity index (χ1v) is 10.9. The molecule has 0 aromatic rings. The monoisotopic (exact) mass is 379 g/mol. The summed E-state index contributed by atoms with van der Waals surface area (Å²) < 4.78 is 5.51. The van der Waals surface area contributed by atoms with E-state index in [0.29, 0.717) is 6.04 Å². The number of ether oxygens (including phenoxy) is 1. The van der Waals surface area contributed by atoms with E-state index in [9.17, 15) is 0 Å². The van der Waals surface area contributed by atoms with Gasteiger partial charge in [-0.25, -0.2) is 0 Å². The number of aliphatic imine (C=N–C) groups is 1. The van der Waals surface area contributed by atoms with Crippen molar-refractivity contribution in [1.29, 1.82) is 0 Å². The maximum atomic E-state index is 5.51. The number of likely N-dealkylation sites (tertiary alicyclic amines) is 2. The van der Waals surface area contributed by atoms with Gasteiger partial charge >= 0.3 is 0 Å². The lowest BCUT2D eigenvalue weighted by molar-refractivity contribution is 0.0194. The summed E-state index contributed by atoms with van der Waals surface area (Å²) in [6.45, 7) is 19.0. The summed E-state index contributed by atoms with van der Waals surface area (Å²) in [5.74, 6) is 2.65. The van der Waals surface area contributed by atoms with E-state index in [1.165, 1.54) is 25.9 Å². The molecule has 1 N–H and O–H groups in total. The Labute approximate surface area is 166 Å². The molecule has 0 spiro atoms. The predicted octanol–water partition coefficient (Wildman–Crippen LogP) is 1.72. The number of guanidine groups is 1. The molecule has 3 fully saturated rings. The molecule has 0 amide bonds. The molecule has 3 aliphatic rings. The molecule has 27 heavy (non-hydrogen) atoms. The fourth-order valence-electron chi connectivity index (χ4n) is 5.07. The molecule has 6 heteroatoms. The molecular weight excluding hydrogens is 338 g/mol. The average Bonchev–Trinajstić information content (AvgIpc) is 3.12. The largest absolute Gasteiger partial charge is 0.379 e. The number of hydrogen-bond acceptors (Lipinski definition) is 4. The zero-order chi connectivity index (χ0) is 19.4. The van der Waals surface area contributed by atoms with Crippen LogP contribution in [-0.4, -0.2) is 98.3 Å². The maximum Gasteiger partial charge on any atom is 0.193 e. The van der Waals surface area contributed by atoms with Gasteiger partial charge in [-0.05, 0) is 38.5 Å². The topological polar surface area (TPSA) is 43.3 Å². The highest BCUT2D eigenvalue weighted by molar-refractivity contribution is 5.80. The molecule has 3 heterocycles. The number of rotatable bonds is 4. The molecule has 6 nitrogen and oxygen atoms in total. The van der Waals surface area contributed by atoms with Crippen LogP contribution in [0.2, 0.25) is 0 Å². The summed E-state index contributed by atoms with van der Waals surface area (Å²) >= 11 is 0. The lowest BCUT2D eigenvalue weighted by Gasteiger charge is -2.45. The van der Waals surface area contributed by atoms with E-state index in [0.717, 1.165) is 63.7 Å². The van der Waals surface area contributed by atoms with Crippen LogP contribution in [-0.2, 0) is 4.74 Å². The predicted molar refractivity (Wildman–Crippen MR) is 112 cm³/mol. The molecule has 3 aliphatic heterocycles. The molecular formula is C21H41N5O. The van der Waals surface area contributed by atoms with Crippen molar-refractivity contribution in [3.8, 4) is 0 Å². The van der Waals surface area contributed by atoms with Crippen molar-refractivity contribution in [2.75, 3.05) is 66.1 Å². The van der Waals surface area contributed by atoms with E-state index in [2.05, 4.69) is 52.7 Å². The first-order valence-electron chi connectivity index (χ1n) is 10.9. The quantitative estimate of drug-likeness (QED) is 0.595. The SMILES string of the molecule is CN=C(NCC(C)(C)N1CC(C)CC(C)C1)N1CCC(N2CCOCC2)C1. The number of nitrogens with one attached hydrogen (secondary N) is 1. The van der Waals surface area contributed by atoms with Crippen molar-refractivity contribution in [3.05, 3.63) is 0 Å². The van der Waals surface area contributed by atoms with Crippen LogP contribution >= 0.6 is 0 Å². The number of nitrogens with zero attached hydrogens (tertiary/aromatic N) is 4. The molecule has 0 bridgehead atoms. The van der Waals surface area contributed by atoms with Crippen LogP contribution in [0.3, 0.4) is 0 Å². The van der Waals surface area contributed by atoms with E-state index in [1.807, 2.05) is 7.05 Å². The fraction of sp³-hybridized carbons (Fsp3) is 0.952. The van der Waals surface area contributed by atoms with Crippen LogP contribution in [0.15, 0.2) is 4.99 Å². The van der Waals surface area contributed by atoms with Gasteiger partial charge in [0.15, 0.2) is 5.96 Å². The van der Waals surface area contributed by atoms with Crippen molar-refractivity contribution >= 4 is 5.96 Å². The molecule has 3 saturated heterocycles. The smallest absolute Gasteiger partial charge is 0.193 e. The highest BCUT2D eigenvalue weighted by Crippen LogP contribution is 2.27. The Morgan fingerprint density at radius 1 is 1.07 bits per heavy atom. The van der Waals surface area contributed by atoms with Crippen LogP contribution in [0, 0.1) is 11.8 Å². The van der Waals surface area contributed by atoms with Crippen LogP contribution in [0.1, 0.15) is 40.5 Å². The third kappa shape index (κ3) is 5.36. The zero-order valence-electron chi connectivity index (χ0n) is 18.2. The first-order chi connectivity index (χ1) is 12.9. The fourth-order valence-corrected chi connectivity index (χ4v) is 5.07. The van der Waals surface area contributed by atoms with Gasteiger partial charge in [-0.3, -0.25) is 14.8 Å². The standard InChI is InChI=1S/C21H41N5O/c1-17-12-18(2)14-26(13-17)21(3,4)16-23-20(22-5)25-7-6-19(15-25)24-8-10-27-11-9-24/h17-19H,6-16H2,1-5H3,(H,22,23). The Bertz CT molecular complexity index is 493. The van der Waals surface area contributed by atoms with Gasteiger partial charge in [0.05, 0.1) is 13.2 Å². The van der Waals surface area contributed by atoms with Gasteiger partial charge in [0.1, 0.15) is 0 Å². The third-order valence-corrected chi connectivity index (χ3v) is 6.64. The molecule has 156 valence electrons. The van der Waals surface area contributed by atoms with Crippen LogP contribution in [0.4, 0.5) is 0 Å². The lowest BCUT2D eigenvalue weighted by Crippen LogP contribution is -2.57. The molecule has 3 atom stereocenters. The third-order valence-electron chi connectivity index (χ3n) is 6.64.